The highest BCUT2D eigenvalue weighted by atomic mass is 35.5. The SMILES string of the molecule is CCCCC1(CCCC)OCC(C)(CS(=O)(=O)c2ccc(Cl)cc2)OO1. The molecule has 0 spiro atoms. The summed E-state index contributed by atoms with van der Waals surface area (Å²) in [4.78, 5) is 11.5. The third kappa shape index (κ3) is 5.67. The van der Waals surface area contributed by atoms with E-state index in [-0.39, 0.29) is 17.3 Å². The average Bonchev–Trinajstić information content (AvgIpc) is 2.60. The van der Waals surface area contributed by atoms with Crippen LogP contribution < -0.4 is 0 Å². The minimum absolute atomic E-state index is 0.174. The Labute approximate surface area is 161 Å². The number of sulfone groups is 1. The highest BCUT2D eigenvalue weighted by Crippen LogP contribution is 2.36. The number of rotatable bonds is 9. The van der Waals surface area contributed by atoms with E-state index in [9.17, 15) is 8.42 Å². The summed E-state index contributed by atoms with van der Waals surface area (Å²) in [5.74, 6) is -0.991. The summed E-state index contributed by atoms with van der Waals surface area (Å²) < 4.78 is 31.4. The van der Waals surface area contributed by atoms with Gasteiger partial charge in [-0.1, -0.05) is 38.3 Å². The van der Waals surface area contributed by atoms with Gasteiger partial charge >= 0.3 is 0 Å². The Morgan fingerprint density at radius 2 is 1.62 bits per heavy atom. The van der Waals surface area contributed by atoms with Crippen LogP contribution in [0.15, 0.2) is 29.2 Å². The van der Waals surface area contributed by atoms with E-state index >= 15 is 0 Å². The molecule has 0 radical (unpaired) electrons. The molecule has 7 heteroatoms. The van der Waals surface area contributed by atoms with Crippen LogP contribution in [-0.2, 0) is 24.3 Å². The van der Waals surface area contributed by atoms with E-state index in [1.54, 1.807) is 19.1 Å². The van der Waals surface area contributed by atoms with Gasteiger partial charge in [0, 0.05) is 17.9 Å². The first kappa shape index (κ1) is 21.6. The number of hydrogen-bond acceptors (Lipinski definition) is 5. The van der Waals surface area contributed by atoms with E-state index in [2.05, 4.69) is 13.8 Å². The summed E-state index contributed by atoms with van der Waals surface area (Å²) in [5.41, 5.74) is -1.06. The maximum absolute atomic E-state index is 12.7. The highest BCUT2D eigenvalue weighted by molar-refractivity contribution is 7.91. The lowest BCUT2D eigenvalue weighted by atomic mass is 10.0. The van der Waals surface area contributed by atoms with E-state index < -0.39 is 21.2 Å². The van der Waals surface area contributed by atoms with Crippen molar-refractivity contribution in [3.8, 4) is 0 Å². The first-order valence-corrected chi connectivity index (χ1v) is 11.3. The van der Waals surface area contributed by atoms with Gasteiger partial charge in [0.15, 0.2) is 9.84 Å². The molecule has 1 unspecified atom stereocenters. The molecule has 1 atom stereocenters. The quantitative estimate of drug-likeness (QED) is 0.546. The summed E-state index contributed by atoms with van der Waals surface area (Å²) in [6.45, 7) is 6.09. The third-order valence-electron chi connectivity index (χ3n) is 4.53. The van der Waals surface area contributed by atoms with Crippen LogP contribution in [0.1, 0.15) is 59.3 Å². The van der Waals surface area contributed by atoms with Crippen LogP contribution in [0, 0.1) is 0 Å². The van der Waals surface area contributed by atoms with E-state index in [0.717, 1.165) is 38.5 Å². The van der Waals surface area contributed by atoms with Gasteiger partial charge in [-0.2, -0.15) is 0 Å². The Morgan fingerprint density at radius 1 is 1.04 bits per heavy atom. The lowest BCUT2D eigenvalue weighted by Crippen LogP contribution is -2.53. The topological polar surface area (TPSA) is 61.8 Å². The molecular weight excluding hydrogens is 376 g/mol. The molecule has 0 saturated carbocycles. The number of ether oxygens (including phenoxy) is 1. The first-order chi connectivity index (χ1) is 12.2. The molecule has 5 nitrogen and oxygen atoms in total. The van der Waals surface area contributed by atoms with E-state index in [1.807, 2.05) is 0 Å². The number of unbranched alkanes of at least 4 members (excludes halogenated alkanes) is 2. The summed E-state index contributed by atoms with van der Waals surface area (Å²) in [6, 6.07) is 6.12. The van der Waals surface area contributed by atoms with Gasteiger partial charge in [-0.15, -0.1) is 0 Å². The van der Waals surface area contributed by atoms with Crippen LogP contribution in [-0.4, -0.2) is 32.2 Å². The standard InChI is InChI=1S/C19H29ClO5S/c1-4-6-12-19(13-7-5-2)23-14-18(3,24-25-19)15-26(21,22)17-10-8-16(20)9-11-17/h8-11H,4-7,12-15H2,1-3H3. The largest absolute Gasteiger partial charge is 0.344 e. The molecule has 0 N–H and O–H groups in total. The molecule has 0 amide bonds. The Balaban J connectivity index is 2.06. The van der Waals surface area contributed by atoms with Crippen molar-refractivity contribution in [3.63, 3.8) is 0 Å². The molecule has 0 bridgehead atoms. The maximum atomic E-state index is 12.7. The fourth-order valence-electron chi connectivity index (χ4n) is 2.95. The smallest absolute Gasteiger partial charge is 0.201 e. The van der Waals surface area contributed by atoms with Crippen molar-refractivity contribution in [2.75, 3.05) is 12.4 Å². The molecule has 1 saturated heterocycles. The zero-order chi connectivity index (χ0) is 19.3. The third-order valence-corrected chi connectivity index (χ3v) is 6.76. The fraction of sp³-hybridized carbons (Fsp3) is 0.684. The molecule has 1 aliphatic heterocycles. The van der Waals surface area contributed by atoms with Gasteiger partial charge in [0.2, 0.25) is 5.79 Å². The van der Waals surface area contributed by atoms with Gasteiger partial charge < -0.3 is 4.74 Å². The van der Waals surface area contributed by atoms with E-state index in [0.29, 0.717) is 5.02 Å². The van der Waals surface area contributed by atoms with Crippen LogP contribution in [0.2, 0.25) is 5.02 Å². The van der Waals surface area contributed by atoms with E-state index in [1.165, 1.54) is 12.1 Å². The van der Waals surface area contributed by atoms with Crippen LogP contribution in [0.4, 0.5) is 0 Å². The van der Waals surface area contributed by atoms with Gasteiger partial charge in [-0.25, -0.2) is 18.2 Å². The van der Waals surface area contributed by atoms with Gasteiger partial charge in [0.05, 0.1) is 17.3 Å². The maximum Gasteiger partial charge on any atom is 0.201 e. The van der Waals surface area contributed by atoms with Crippen LogP contribution >= 0.6 is 11.6 Å². The van der Waals surface area contributed by atoms with Crippen molar-refractivity contribution in [2.24, 2.45) is 0 Å². The highest BCUT2D eigenvalue weighted by Gasteiger charge is 2.46. The Kier molecular flexibility index (Phi) is 7.51. The second-order valence-corrected chi connectivity index (χ2v) is 9.66. The predicted molar refractivity (Wildman–Crippen MR) is 102 cm³/mol. The van der Waals surface area contributed by atoms with Crippen molar-refractivity contribution in [2.45, 2.75) is 75.6 Å². The molecule has 0 aromatic heterocycles. The molecule has 1 aromatic rings. The van der Waals surface area contributed by atoms with Crippen LogP contribution in [0.25, 0.3) is 0 Å². The second kappa shape index (κ2) is 9.02. The van der Waals surface area contributed by atoms with Crippen molar-refractivity contribution >= 4 is 21.4 Å². The molecule has 1 heterocycles. The minimum Gasteiger partial charge on any atom is -0.344 e. The minimum atomic E-state index is -3.55. The van der Waals surface area contributed by atoms with Gasteiger partial charge in [-0.3, -0.25) is 0 Å². The van der Waals surface area contributed by atoms with Gasteiger partial charge in [0.1, 0.15) is 5.60 Å². The number of benzene rings is 1. The summed E-state index contributed by atoms with van der Waals surface area (Å²) in [6.07, 6.45) is 5.47. The zero-order valence-corrected chi connectivity index (χ0v) is 17.4. The summed E-state index contributed by atoms with van der Waals surface area (Å²) >= 11 is 5.84. The zero-order valence-electron chi connectivity index (χ0n) is 15.8. The normalized spacial score (nSPS) is 23.1. The molecule has 0 aliphatic carbocycles. The molecule has 1 aromatic carbocycles. The Morgan fingerprint density at radius 3 is 2.08 bits per heavy atom. The van der Waals surface area contributed by atoms with Crippen LogP contribution in [0.3, 0.4) is 0 Å². The average molecular weight is 405 g/mol. The molecule has 26 heavy (non-hydrogen) atoms. The monoisotopic (exact) mass is 404 g/mol. The lowest BCUT2D eigenvalue weighted by Gasteiger charge is -2.43. The molecule has 2 rings (SSSR count). The summed E-state index contributed by atoms with van der Waals surface area (Å²) in [7, 11) is -3.55. The summed E-state index contributed by atoms with van der Waals surface area (Å²) in [5, 5.41) is 0.493. The van der Waals surface area contributed by atoms with Crippen LogP contribution in [0.5, 0.6) is 0 Å². The van der Waals surface area contributed by atoms with Crippen molar-refractivity contribution in [1.82, 2.24) is 0 Å². The lowest BCUT2D eigenvalue weighted by molar-refractivity contribution is -0.508. The van der Waals surface area contributed by atoms with Crippen molar-refractivity contribution < 1.29 is 22.9 Å². The van der Waals surface area contributed by atoms with Gasteiger partial charge in [-0.05, 0) is 44.0 Å². The predicted octanol–water partition coefficient (Wildman–Crippen LogP) is 4.93. The molecular formula is C19H29ClO5S. The van der Waals surface area contributed by atoms with E-state index in [4.69, 9.17) is 26.1 Å². The molecule has 1 aliphatic rings. The molecule has 148 valence electrons. The first-order valence-electron chi connectivity index (χ1n) is 9.23. The van der Waals surface area contributed by atoms with Gasteiger partial charge in [0.25, 0.3) is 0 Å². The second-order valence-electron chi connectivity index (χ2n) is 7.24. The number of hydrogen-bond donors (Lipinski definition) is 0. The Bertz CT molecular complexity index is 654. The fourth-order valence-corrected chi connectivity index (χ4v) is 4.73. The Hall–Kier alpha value is -0.660. The van der Waals surface area contributed by atoms with Crippen molar-refractivity contribution in [3.05, 3.63) is 29.3 Å². The molecule has 1 fully saturated rings. The van der Waals surface area contributed by atoms with Crippen molar-refractivity contribution in [1.29, 1.82) is 0 Å². The number of halogens is 1.